The minimum Gasteiger partial charge on any atom is -0.419 e. The highest BCUT2D eigenvalue weighted by Gasteiger charge is 2.16. The van der Waals surface area contributed by atoms with E-state index in [1.54, 1.807) is 13.2 Å². The van der Waals surface area contributed by atoms with Crippen molar-refractivity contribution in [1.82, 2.24) is 20.4 Å². The predicted molar refractivity (Wildman–Crippen MR) is 108 cm³/mol. The Hall–Kier alpha value is -2.26. The first-order chi connectivity index (χ1) is 13.7. The standard InChI is InChI=1S/C19H21ClN4O3S/c1-26-9-8-24(12-17(25)21-11-14-5-2-3-6-15(14)20)13-18-22-23-19(27-18)16-7-4-10-28-16/h2-7,10H,8-9,11-13H2,1H3,(H,21,25). The monoisotopic (exact) mass is 420 g/mol. The summed E-state index contributed by atoms with van der Waals surface area (Å²) in [6.45, 7) is 1.97. The molecule has 0 fully saturated rings. The first-order valence-electron chi connectivity index (χ1n) is 8.73. The summed E-state index contributed by atoms with van der Waals surface area (Å²) in [4.78, 5) is 15.2. The highest BCUT2D eigenvalue weighted by atomic mass is 35.5. The third-order valence-corrected chi connectivity index (χ3v) is 5.20. The Morgan fingerprint density at radius 1 is 1.29 bits per heavy atom. The van der Waals surface area contributed by atoms with E-state index in [9.17, 15) is 4.79 Å². The largest absolute Gasteiger partial charge is 0.419 e. The van der Waals surface area contributed by atoms with E-state index in [1.165, 1.54) is 11.3 Å². The van der Waals surface area contributed by atoms with E-state index in [4.69, 9.17) is 20.8 Å². The molecule has 0 saturated carbocycles. The van der Waals surface area contributed by atoms with Crippen molar-refractivity contribution in [2.24, 2.45) is 0 Å². The van der Waals surface area contributed by atoms with Crippen molar-refractivity contribution in [3.05, 3.63) is 58.3 Å². The summed E-state index contributed by atoms with van der Waals surface area (Å²) in [5, 5.41) is 13.6. The predicted octanol–water partition coefficient (Wildman–Crippen LogP) is 3.22. The van der Waals surface area contributed by atoms with Gasteiger partial charge < -0.3 is 14.5 Å². The Balaban J connectivity index is 1.57. The van der Waals surface area contributed by atoms with Gasteiger partial charge in [0.1, 0.15) is 0 Å². The number of methoxy groups -OCH3 is 1. The maximum Gasteiger partial charge on any atom is 0.257 e. The van der Waals surface area contributed by atoms with Gasteiger partial charge in [-0.2, -0.15) is 0 Å². The van der Waals surface area contributed by atoms with Crippen LogP contribution in [0.15, 0.2) is 46.2 Å². The van der Waals surface area contributed by atoms with Crippen LogP contribution in [0.1, 0.15) is 11.5 Å². The zero-order chi connectivity index (χ0) is 19.8. The van der Waals surface area contributed by atoms with E-state index in [-0.39, 0.29) is 12.5 Å². The molecule has 0 spiro atoms. The molecule has 0 atom stereocenters. The van der Waals surface area contributed by atoms with Crippen LogP contribution in [0.2, 0.25) is 5.02 Å². The van der Waals surface area contributed by atoms with Crippen molar-refractivity contribution in [2.45, 2.75) is 13.1 Å². The molecule has 0 radical (unpaired) electrons. The highest BCUT2D eigenvalue weighted by Crippen LogP contribution is 2.23. The molecular formula is C19H21ClN4O3S. The van der Waals surface area contributed by atoms with Gasteiger partial charge in [-0.15, -0.1) is 21.5 Å². The number of nitrogens with one attached hydrogen (secondary N) is 1. The molecule has 0 unspecified atom stereocenters. The highest BCUT2D eigenvalue weighted by molar-refractivity contribution is 7.13. The van der Waals surface area contributed by atoms with Gasteiger partial charge in [-0.1, -0.05) is 35.9 Å². The third-order valence-electron chi connectivity index (χ3n) is 3.97. The maximum atomic E-state index is 12.4. The van der Waals surface area contributed by atoms with Gasteiger partial charge in [0.05, 0.1) is 24.6 Å². The SMILES string of the molecule is COCCN(CC(=O)NCc1ccccc1Cl)Cc1nnc(-c2cccs2)o1. The molecule has 0 aliphatic heterocycles. The van der Waals surface area contributed by atoms with E-state index in [2.05, 4.69) is 15.5 Å². The summed E-state index contributed by atoms with van der Waals surface area (Å²) >= 11 is 7.66. The Kier molecular flexibility index (Phi) is 7.55. The molecule has 1 amide bonds. The molecule has 0 bridgehead atoms. The van der Waals surface area contributed by atoms with Crippen LogP contribution in [0.4, 0.5) is 0 Å². The summed E-state index contributed by atoms with van der Waals surface area (Å²) in [6, 6.07) is 11.3. The van der Waals surface area contributed by atoms with Crippen molar-refractivity contribution < 1.29 is 13.9 Å². The second-order valence-electron chi connectivity index (χ2n) is 6.05. The molecular weight excluding hydrogens is 400 g/mol. The summed E-state index contributed by atoms with van der Waals surface area (Å²) in [5.74, 6) is 0.826. The van der Waals surface area contributed by atoms with E-state index >= 15 is 0 Å². The van der Waals surface area contributed by atoms with Crippen LogP contribution in [0.5, 0.6) is 0 Å². The molecule has 0 aliphatic carbocycles. The molecule has 3 rings (SSSR count). The Bertz CT molecular complexity index is 885. The van der Waals surface area contributed by atoms with Crippen LogP contribution in [0, 0.1) is 0 Å². The molecule has 9 heteroatoms. The number of rotatable bonds is 10. The number of ether oxygens (including phenoxy) is 1. The lowest BCUT2D eigenvalue weighted by molar-refractivity contribution is -0.122. The zero-order valence-electron chi connectivity index (χ0n) is 15.4. The first kappa shape index (κ1) is 20.5. The number of carbonyl (C=O) groups is 1. The minimum absolute atomic E-state index is 0.117. The average molecular weight is 421 g/mol. The van der Waals surface area contributed by atoms with Gasteiger partial charge in [0, 0.05) is 25.2 Å². The van der Waals surface area contributed by atoms with E-state index in [0.717, 1.165) is 10.4 Å². The second-order valence-corrected chi connectivity index (χ2v) is 7.40. The molecule has 3 aromatic rings. The summed E-state index contributed by atoms with van der Waals surface area (Å²) in [7, 11) is 1.62. The minimum atomic E-state index is -0.117. The van der Waals surface area contributed by atoms with Gasteiger partial charge in [0.25, 0.3) is 5.89 Å². The number of amides is 1. The average Bonchev–Trinajstić information content (AvgIpc) is 3.37. The number of hydrogen-bond acceptors (Lipinski definition) is 7. The van der Waals surface area contributed by atoms with E-state index < -0.39 is 0 Å². The Morgan fingerprint density at radius 3 is 2.89 bits per heavy atom. The van der Waals surface area contributed by atoms with Crippen molar-refractivity contribution in [2.75, 3.05) is 26.8 Å². The van der Waals surface area contributed by atoms with E-state index in [0.29, 0.717) is 43.0 Å². The van der Waals surface area contributed by atoms with Crippen LogP contribution in [-0.4, -0.2) is 47.8 Å². The van der Waals surface area contributed by atoms with Gasteiger partial charge >= 0.3 is 0 Å². The number of benzene rings is 1. The molecule has 0 aliphatic rings. The molecule has 1 N–H and O–H groups in total. The lowest BCUT2D eigenvalue weighted by atomic mass is 10.2. The van der Waals surface area contributed by atoms with Gasteiger partial charge in [-0.3, -0.25) is 9.69 Å². The molecule has 2 heterocycles. The number of carbonyl (C=O) groups excluding carboxylic acids is 1. The molecule has 0 saturated heterocycles. The topological polar surface area (TPSA) is 80.5 Å². The Labute approximate surface area is 172 Å². The van der Waals surface area contributed by atoms with Gasteiger partial charge in [0.2, 0.25) is 11.8 Å². The quantitative estimate of drug-likeness (QED) is 0.542. The van der Waals surface area contributed by atoms with Crippen LogP contribution < -0.4 is 5.32 Å². The van der Waals surface area contributed by atoms with Gasteiger partial charge in [-0.05, 0) is 23.1 Å². The lowest BCUT2D eigenvalue weighted by Gasteiger charge is -2.19. The van der Waals surface area contributed by atoms with Crippen LogP contribution in [0.3, 0.4) is 0 Å². The number of aromatic nitrogens is 2. The molecule has 148 valence electrons. The fraction of sp³-hybridized carbons (Fsp3) is 0.316. The zero-order valence-corrected chi connectivity index (χ0v) is 17.0. The summed E-state index contributed by atoms with van der Waals surface area (Å²) in [6.07, 6.45) is 0. The van der Waals surface area contributed by atoms with Crippen molar-refractivity contribution in [3.63, 3.8) is 0 Å². The van der Waals surface area contributed by atoms with Crippen LogP contribution >= 0.6 is 22.9 Å². The number of hydrogen-bond donors (Lipinski definition) is 1. The Morgan fingerprint density at radius 2 is 2.14 bits per heavy atom. The fourth-order valence-electron chi connectivity index (χ4n) is 2.54. The second kappa shape index (κ2) is 10.3. The maximum absolute atomic E-state index is 12.4. The van der Waals surface area contributed by atoms with Gasteiger partial charge in [-0.25, -0.2) is 0 Å². The first-order valence-corrected chi connectivity index (χ1v) is 9.99. The van der Waals surface area contributed by atoms with Crippen molar-refractivity contribution in [1.29, 1.82) is 0 Å². The van der Waals surface area contributed by atoms with Crippen LogP contribution in [0.25, 0.3) is 10.8 Å². The van der Waals surface area contributed by atoms with Crippen molar-refractivity contribution in [3.8, 4) is 10.8 Å². The van der Waals surface area contributed by atoms with Crippen molar-refractivity contribution >= 4 is 28.8 Å². The number of halogens is 1. The molecule has 1 aromatic carbocycles. The molecule has 7 nitrogen and oxygen atoms in total. The number of nitrogens with zero attached hydrogens (tertiary/aromatic N) is 3. The van der Waals surface area contributed by atoms with Gasteiger partial charge in [0.15, 0.2) is 0 Å². The third kappa shape index (κ3) is 5.87. The molecule has 28 heavy (non-hydrogen) atoms. The summed E-state index contributed by atoms with van der Waals surface area (Å²) in [5.41, 5.74) is 0.874. The smallest absolute Gasteiger partial charge is 0.257 e. The fourth-order valence-corrected chi connectivity index (χ4v) is 3.38. The summed E-state index contributed by atoms with van der Waals surface area (Å²) < 4.78 is 10.9. The van der Waals surface area contributed by atoms with Crippen LogP contribution in [-0.2, 0) is 22.6 Å². The lowest BCUT2D eigenvalue weighted by Crippen LogP contribution is -2.38. The number of thiophene rings is 1. The van der Waals surface area contributed by atoms with E-state index in [1.807, 2.05) is 40.6 Å². The molecule has 2 aromatic heterocycles. The normalized spacial score (nSPS) is 11.1.